The minimum absolute atomic E-state index is 0.0489. The molecule has 0 aromatic heterocycles. The van der Waals surface area contributed by atoms with E-state index in [0.717, 1.165) is 50.5 Å². The van der Waals surface area contributed by atoms with Crippen LogP contribution in [-0.2, 0) is 15.7 Å². The van der Waals surface area contributed by atoms with E-state index in [0.29, 0.717) is 36.5 Å². The van der Waals surface area contributed by atoms with E-state index in [2.05, 4.69) is 19.2 Å². The Balaban J connectivity index is 1.31. The lowest BCUT2D eigenvalue weighted by Gasteiger charge is -2.33. The lowest BCUT2D eigenvalue weighted by atomic mass is 9.73. The SMILES string of the molecule is CC1COCCC1NC1CC[C@@]2(C1)C(=O)N1CC=C(c3cccc(C(F)(F)F)c3)CC1C2C. The third-order valence-electron chi connectivity index (χ3n) is 8.70. The predicted molar refractivity (Wildman–Crippen MR) is 120 cm³/mol. The number of benzene rings is 1. The van der Waals surface area contributed by atoms with Gasteiger partial charge in [0.2, 0.25) is 5.91 Å². The second-order valence-corrected chi connectivity index (χ2v) is 10.5. The number of fused-ring (bicyclic) bond motifs is 1. The van der Waals surface area contributed by atoms with E-state index in [1.165, 1.54) is 12.1 Å². The maximum Gasteiger partial charge on any atom is 0.416 e. The first kappa shape index (κ1) is 22.9. The molecule has 1 spiro atoms. The second kappa shape index (κ2) is 8.42. The fraction of sp³-hybridized carbons (Fsp3) is 0.654. The summed E-state index contributed by atoms with van der Waals surface area (Å²) in [5, 5.41) is 3.83. The molecule has 4 aliphatic rings. The third-order valence-corrected chi connectivity index (χ3v) is 8.70. The van der Waals surface area contributed by atoms with Gasteiger partial charge in [0.15, 0.2) is 0 Å². The van der Waals surface area contributed by atoms with Gasteiger partial charge in [0.25, 0.3) is 0 Å². The molecule has 1 amide bonds. The molecule has 0 bridgehead atoms. The van der Waals surface area contributed by atoms with Crippen molar-refractivity contribution in [1.82, 2.24) is 10.2 Å². The minimum Gasteiger partial charge on any atom is -0.381 e. The van der Waals surface area contributed by atoms with Crippen molar-refractivity contribution in [1.29, 1.82) is 0 Å². The average Bonchev–Trinajstić information content (AvgIpc) is 3.31. The van der Waals surface area contributed by atoms with Gasteiger partial charge in [-0.1, -0.05) is 32.1 Å². The summed E-state index contributed by atoms with van der Waals surface area (Å²) in [6.07, 6.45) is 1.94. The van der Waals surface area contributed by atoms with Crippen molar-refractivity contribution in [3.05, 3.63) is 41.5 Å². The van der Waals surface area contributed by atoms with E-state index in [1.54, 1.807) is 6.07 Å². The zero-order valence-electron chi connectivity index (χ0n) is 19.3. The first-order chi connectivity index (χ1) is 15.7. The summed E-state index contributed by atoms with van der Waals surface area (Å²) < 4.78 is 45.2. The second-order valence-electron chi connectivity index (χ2n) is 10.5. The van der Waals surface area contributed by atoms with Crippen LogP contribution in [0.2, 0.25) is 0 Å². The van der Waals surface area contributed by atoms with Crippen LogP contribution in [0.3, 0.4) is 0 Å². The molecule has 1 aromatic carbocycles. The molecule has 3 heterocycles. The van der Waals surface area contributed by atoms with Gasteiger partial charge >= 0.3 is 6.18 Å². The molecule has 4 nitrogen and oxygen atoms in total. The van der Waals surface area contributed by atoms with Gasteiger partial charge in [-0.2, -0.15) is 13.2 Å². The molecule has 5 unspecified atom stereocenters. The Hall–Kier alpha value is -1.86. The number of hydrogen-bond acceptors (Lipinski definition) is 3. The molecular formula is C26H33F3N2O2. The Morgan fingerprint density at radius 1 is 1.21 bits per heavy atom. The van der Waals surface area contributed by atoms with Crippen molar-refractivity contribution < 1.29 is 22.7 Å². The van der Waals surface area contributed by atoms with Gasteiger partial charge in [0.1, 0.15) is 0 Å². The largest absolute Gasteiger partial charge is 0.416 e. The number of alkyl halides is 3. The molecule has 180 valence electrons. The third kappa shape index (κ3) is 4.01. The van der Waals surface area contributed by atoms with Crippen molar-refractivity contribution in [2.75, 3.05) is 19.8 Å². The van der Waals surface area contributed by atoms with Gasteiger partial charge < -0.3 is 15.0 Å². The summed E-state index contributed by atoms with van der Waals surface area (Å²) in [5.74, 6) is 0.889. The standard InChI is InChI=1S/C26H33F3N2O2/c1-16-15-33-11-8-22(16)30-21-6-9-25(14-21)17(2)23-13-19(7-10-31(23)24(25)32)18-4-3-5-20(12-18)26(27,28)29/h3-5,7,12,16-17,21-23,30H,6,8-11,13-15H2,1-2H3/t16?,17?,21?,22?,23?,25-/m0/s1. The highest BCUT2D eigenvalue weighted by atomic mass is 19.4. The van der Waals surface area contributed by atoms with Gasteiger partial charge in [-0.25, -0.2) is 0 Å². The molecule has 1 aliphatic carbocycles. The van der Waals surface area contributed by atoms with Crippen LogP contribution in [0.25, 0.3) is 5.57 Å². The van der Waals surface area contributed by atoms with E-state index in [4.69, 9.17) is 4.74 Å². The Bertz CT molecular complexity index is 946. The zero-order valence-corrected chi connectivity index (χ0v) is 19.3. The predicted octanol–water partition coefficient (Wildman–Crippen LogP) is 4.89. The van der Waals surface area contributed by atoms with Gasteiger partial charge in [-0.3, -0.25) is 4.79 Å². The number of amides is 1. The quantitative estimate of drug-likeness (QED) is 0.695. The maximum atomic E-state index is 13.6. The highest BCUT2D eigenvalue weighted by Gasteiger charge is 2.60. The molecule has 7 heteroatoms. The summed E-state index contributed by atoms with van der Waals surface area (Å²) >= 11 is 0. The highest BCUT2D eigenvalue weighted by molar-refractivity contribution is 5.88. The zero-order chi connectivity index (χ0) is 23.4. The van der Waals surface area contributed by atoms with Crippen LogP contribution in [-0.4, -0.2) is 48.7 Å². The Morgan fingerprint density at radius 2 is 2.03 bits per heavy atom. The summed E-state index contributed by atoms with van der Waals surface area (Å²) in [7, 11) is 0. The molecular weight excluding hydrogens is 429 g/mol. The van der Waals surface area contributed by atoms with Crippen LogP contribution in [0.15, 0.2) is 30.3 Å². The first-order valence-electron chi connectivity index (χ1n) is 12.2. The number of nitrogens with zero attached hydrogens (tertiary/aromatic N) is 1. The molecule has 1 N–H and O–H groups in total. The first-order valence-corrected chi connectivity index (χ1v) is 12.2. The van der Waals surface area contributed by atoms with E-state index >= 15 is 0 Å². The lowest BCUT2D eigenvalue weighted by Crippen LogP contribution is -2.46. The normalized spacial score (nSPS) is 36.9. The summed E-state index contributed by atoms with van der Waals surface area (Å²) in [5.41, 5.74) is 0.558. The molecule has 1 aromatic rings. The number of halogens is 3. The lowest BCUT2D eigenvalue weighted by molar-refractivity contribution is -0.138. The number of ether oxygens (including phenoxy) is 1. The summed E-state index contributed by atoms with van der Waals surface area (Å²) in [4.78, 5) is 15.6. The Morgan fingerprint density at radius 3 is 2.79 bits per heavy atom. The monoisotopic (exact) mass is 462 g/mol. The minimum atomic E-state index is -4.36. The van der Waals surface area contributed by atoms with Crippen LogP contribution in [0.5, 0.6) is 0 Å². The number of hydrogen-bond donors (Lipinski definition) is 1. The van der Waals surface area contributed by atoms with Gasteiger partial charge in [-0.05, 0) is 67.2 Å². The number of rotatable bonds is 3. The van der Waals surface area contributed by atoms with Crippen molar-refractivity contribution in [2.45, 2.75) is 70.3 Å². The smallest absolute Gasteiger partial charge is 0.381 e. The van der Waals surface area contributed by atoms with Gasteiger partial charge in [-0.15, -0.1) is 0 Å². The van der Waals surface area contributed by atoms with Crippen LogP contribution in [0.1, 0.15) is 57.1 Å². The number of carbonyl (C=O) groups excluding carboxylic acids is 1. The van der Waals surface area contributed by atoms with Crippen molar-refractivity contribution in [2.24, 2.45) is 17.3 Å². The maximum absolute atomic E-state index is 13.6. The number of nitrogens with one attached hydrogen (secondary N) is 1. The molecule has 6 atom stereocenters. The Kier molecular flexibility index (Phi) is 5.84. The molecule has 5 rings (SSSR count). The van der Waals surface area contributed by atoms with E-state index < -0.39 is 11.7 Å². The molecule has 1 saturated carbocycles. The fourth-order valence-electron chi connectivity index (χ4n) is 6.68. The Labute approximate surface area is 193 Å². The topological polar surface area (TPSA) is 41.6 Å². The van der Waals surface area contributed by atoms with Crippen LogP contribution in [0, 0.1) is 17.3 Å². The van der Waals surface area contributed by atoms with Crippen LogP contribution >= 0.6 is 0 Å². The summed E-state index contributed by atoms with van der Waals surface area (Å²) in [6.45, 7) is 6.44. The van der Waals surface area contributed by atoms with E-state index in [-0.39, 0.29) is 23.3 Å². The molecule has 3 fully saturated rings. The van der Waals surface area contributed by atoms with Crippen LogP contribution < -0.4 is 5.32 Å². The summed E-state index contributed by atoms with van der Waals surface area (Å²) in [6, 6.07) is 6.39. The van der Waals surface area contributed by atoms with Crippen LogP contribution in [0.4, 0.5) is 13.2 Å². The number of carbonyl (C=O) groups is 1. The van der Waals surface area contributed by atoms with E-state index in [1.807, 2.05) is 11.0 Å². The van der Waals surface area contributed by atoms with Crippen molar-refractivity contribution in [3.63, 3.8) is 0 Å². The molecule has 2 saturated heterocycles. The molecule has 33 heavy (non-hydrogen) atoms. The average molecular weight is 463 g/mol. The highest BCUT2D eigenvalue weighted by Crippen LogP contribution is 2.55. The van der Waals surface area contributed by atoms with Crippen molar-refractivity contribution in [3.8, 4) is 0 Å². The van der Waals surface area contributed by atoms with E-state index in [9.17, 15) is 18.0 Å². The van der Waals surface area contributed by atoms with Gasteiger partial charge in [0.05, 0.1) is 17.6 Å². The van der Waals surface area contributed by atoms with Gasteiger partial charge in [0, 0.05) is 31.3 Å². The molecule has 0 radical (unpaired) electrons. The van der Waals surface area contributed by atoms with Crippen molar-refractivity contribution >= 4 is 11.5 Å². The molecule has 3 aliphatic heterocycles. The fourth-order valence-corrected chi connectivity index (χ4v) is 6.68.